The summed E-state index contributed by atoms with van der Waals surface area (Å²) in [6.07, 6.45) is 0. The molecule has 51 heavy (non-hydrogen) atoms. The molecule has 0 aromatic rings. The summed E-state index contributed by atoms with van der Waals surface area (Å²) in [5.74, 6) is -1.10. The molecule has 0 atom stereocenters. The van der Waals surface area contributed by atoms with Gasteiger partial charge in [-0.2, -0.15) is 0 Å². The molecule has 1 N–H and O–H groups in total. The second-order valence-electron chi connectivity index (χ2n) is 10.5. The summed E-state index contributed by atoms with van der Waals surface area (Å²) in [6.45, 7) is 9.47. The number of hydrogen-bond acceptors (Lipinski definition) is 17. The van der Waals surface area contributed by atoms with Gasteiger partial charge in [-0.05, 0) is 0 Å². The van der Waals surface area contributed by atoms with Crippen molar-refractivity contribution in [3.63, 3.8) is 0 Å². The third-order valence-corrected chi connectivity index (χ3v) is 6.23. The molecule has 0 aromatic carbocycles. The minimum Gasteiger partial charge on any atom is -0.480 e. The second kappa shape index (κ2) is 41.6. The zero-order chi connectivity index (χ0) is 37.2. The van der Waals surface area contributed by atoms with Gasteiger partial charge in [0.25, 0.3) is 0 Å². The fraction of sp³-hybridized carbons (Fsp3) is 0.970. The van der Waals surface area contributed by atoms with Gasteiger partial charge in [-0.25, -0.2) is 4.79 Å². The molecule has 0 unspecified atom stereocenters. The van der Waals surface area contributed by atoms with E-state index < -0.39 is 18.2 Å². The van der Waals surface area contributed by atoms with Gasteiger partial charge in [-0.3, -0.25) is 0 Å². The summed E-state index contributed by atoms with van der Waals surface area (Å²) in [5, 5.41) is 9.15. The summed E-state index contributed by atoms with van der Waals surface area (Å²) in [7, 11) is 4.86. The molecule has 0 aromatic heterocycles. The van der Waals surface area contributed by atoms with E-state index >= 15 is 0 Å². The molecule has 0 fully saturated rings. The molecular weight excluding hydrogens is 684 g/mol. The minimum atomic E-state index is -1.12. The lowest BCUT2D eigenvalue weighted by Crippen LogP contribution is -2.48. The predicted octanol–water partition coefficient (Wildman–Crippen LogP) is -0.0352. The smallest absolute Gasteiger partial charge is 0.329 e. The first kappa shape index (κ1) is 49.8. The molecule has 0 bridgehead atoms. The van der Waals surface area contributed by atoms with Crippen molar-refractivity contribution in [1.82, 2.24) is 0 Å². The number of hydrogen-bond donors (Lipinski definition) is 1. The highest BCUT2D eigenvalue weighted by Gasteiger charge is 2.33. The highest BCUT2D eigenvalue weighted by Crippen LogP contribution is 2.15. The first-order chi connectivity index (χ1) is 25.1. The van der Waals surface area contributed by atoms with E-state index in [1.165, 1.54) is 0 Å². The molecular formula is C33H66O18. The molecule has 0 saturated heterocycles. The molecule has 0 saturated carbocycles. The van der Waals surface area contributed by atoms with Gasteiger partial charge in [0.05, 0.1) is 178 Å². The largest absolute Gasteiger partial charge is 0.480 e. The third-order valence-electron chi connectivity index (χ3n) is 6.23. The molecule has 0 aliphatic rings. The first-order valence-corrected chi connectivity index (χ1v) is 17.4. The van der Waals surface area contributed by atoms with Crippen molar-refractivity contribution in [2.24, 2.45) is 0 Å². The second-order valence-corrected chi connectivity index (χ2v) is 10.5. The van der Waals surface area contributed by atoms with Gasteiger partial charge in [-0.1, -0.05) is 0 Å². The number of rotatable bonds is 45. The van der Waals surface area contributed by atoms with Gasteiger partial charge < -0.3 is 80.9 Å². The fourth-order valence-electron chi connectivity index (χ4n) is 3.70. The van der Waals surface area contributed by atoms with Crippen LogP contribution in [0.25, 0.3) is 0 Å². The summed E-state index contributed by atoms with van der Waals surface area (Å²) >= 11 is 0. The molecule has 306 valence electrons. The van der Waals surface area contributed by atoms with E-state index in [-0.39, 0.29) is 46.2 Å². The first-order valence-electron chi connectivity index (χ1n) is 17.4. The fourth-order valence-corrected chi connectivity index (χ4v) is 3.70. The molecule has 0 rings (SSSR count). The SMILES string of the molecule is COCCOCCOCCOCCOCC(COCCOCCOCCOCCOC)(COCC(=O)O)OCCOCCOCCOCCOC. The maximum absolute atomic E-state index is 11.2. The van der Waals surface area contributed by atoms with Gasteiger partial charge in [0.1, 0.15) is 12.2 Å². The number of aliphatic carboxylic acids is 1. The van der Waals surface area contributed by atoms with Gasteiger partial charge in [0.15, 0.2) is 0 Å². The Morgan fingerprint density at radius 2 is 0.588 bits per heavy atom. The average Bonchev–Trinajstić information content (AvgIpc) is 3.12. The van der Waals surface area contributed by atoms with Crippen molar-refractivity contribution in [3.05, 3.63) is 0 Å². The van der Waals surface area contributed by atoms with Crippen LogP contribution in [0.15, 0.2) is 0 Å². The Balaban J connectivity index is 4.64. The molecule has 18 heteroatoms. The van der Waals surface area contributed by atoms with Crippen LogP contribution >= 0.6 is 0 Å². The summed E-state index contributed by atoms with van der Waals surface area (Å²) in [5.41, 5.74) is -1.12. The van der Waals surface area contributed by atoms with E-state index in [1.54, 1.807) is 21.3 Å². The lowest BCUT2D eigenvalue weighted by atomic mass is 10.1. The third kappa shape index (κ3) is 38.4. The van der Waals surface area contributed by atoms with E-state index in [4.69, 9.17) is 80.9 Å². The molecule has 0 aliphatic carbocycles. The van der Waals surface area contributed by atoms with Crippen molar-refractivity contribution in [1.29, 1.82) is 0 Å². The Hall–Kier alpha value is -1.17. The minimum absolute atomic E-state index is 0.0542. The van der Waals surface area contributed by atoms with Gasteiger partial charge in [-0.15, -0.1) is 0 Å². The summed E-state index contributed by atoms with van der Waals surface area (Å²) in [6, 6.07) is 0. The van der Waals surface area contributed by atoms with Crippen LogP contribution in [0.1, 0.15) is 0 Å². The summed E-state index contributed by atoms with van der Waals surface area (Å²) < 4.78 is 87.5. The van der Waals surface area contributed by atoms with Crippen LogP contribution in [-0.4, -0.2) is 223 Å². The standard InChI is InChI=1S/C33H66O18/c1-36-4-7-39-10-13-42-16-18-45-22-24-48-29-33(31-50-28-32(34)35,51-27-26-47-21-20-44-15-12-41-9-6-38-3)30-49-25-23-46-19-17-43-14-11-40-8-5-37-2/h4-31H2,1-3H3,(H,34,35). The maximum Gasteiger partial charge on any atom is 0.329 e. The number of carbonyl (C=O) groups is 1. The zero-order valence-corrected chi connectivity index (χ0v) is 31.2. The molecule has 0 radical (unpaired) electrons. The van der Waals surface area contributed by atoms with Crippen molar-refractivity contribution in [3.8, 4) is 0 Å². The average molecular weight is 751 g/mol. The van der Waals surface area contributed by atoms with Crippen LogP contribution in [0.5, 0.6) is 0 Å². The number of carboxylic acid groups (broad SMARTS) is 1. The van der Waals surface area contributed by atoms with Gasteiger partial charge in [0.2, 0.25) is 0 Å². The highest BCUT2D eigenvalue weighted by molar-refractivity contribution is 5.67. The highest BCUT2D eigenvalue weighted by atomic mass is 16.6. The van der Waals surface area contributed by atoms with E-state index in [1.807, 2.05) is 0 Å². The van der Waals surface area contributed by atoms with Crippen LogP contribution < -0.4 is 0 Å². The van der Waals surface area contributed by atoms with E-state index in [0.29, 0.717) is 132 Å². The molecule has 18 nitrogen and oxygen atoms in total. The van der Waals surface area contributed by atoms with E-state index in [9.17, 15) is 4.79 Å². The van der Waals surface area contributed by atoms with Crippen molar-refractivity contribution >= 4 is 5.97 Å². The van der Waals surface area contributed by atoms with E-state index in [2.05, 4.69) is 0 Å². The number of carboxylic acids is 1. The molecule has 0 amide bonds. The lowest BCUT2D eigenvalue weighted by molar-refractivity contribution is -0.180. The maximum atomic E-state index is 11.2. The van der Waals surface area contributed by atoms with Crippen LogP contribution in [-0.2, 0) is 80.6 Å². The molecule has 0 spiro atoms. The topological polar surface area (TPSA) is 185 Å². The van der Waals surface area contributed by atoms with Crippen molar-refractivity contribution in [2.75, 3.05) is 206 Å². The summed E-state index contributed by atoms with van der Waals surface area (Å²) in [4.78, 5) is 11.2. The monoisotopic (exact) mass is 750 g/mol. The normalized spacial score (nSPS) is 11.9. The molecule has 0 heterocycles. The van der Waals surface area contributed by atoms with Gasteiger partial charge in [0, 0.05) is 21.3 Å². The zero-order valence-electron chi connectivity index (χ0n) is 31.2. The van der Waals surface area contributed by atoms with Gasteiger partial charge >= 0.3 is 5.97 Å². The van der Waals surface area contributed by atoms with Crippen LogP contribution in [0, 0.1) is 0 Å². The Morgan fingerprint density at radius 1 is 0.353 bits per heavy atom. The number of methoxy groups -OCH3 is 3. The predicted molar refractivity (Wildman–Crippen MR) is 182 cm³/mol. The molecule has 0 aliphatic heterocycles. The Kier molecular flexibility index (Phi) is 40.6. The lowest BCUT2D eigenvalue weighted by Gasteiger charge is -2.33. The number of ether oxygens (including phenoxy) is 16. The Labute approximate surface area is 303 Å². The van der Waals surface area contributed by atoms with Crippen molar-refractivity contribution in [2.45, 2.75) is 5.60 Å². The van der Waals surface area contributed by atoms with Crippen LogP contribution in [0.3, 0.4) is 0 Å². The Morgan fingerprint density at radius 3 is 0.863 bits per heavy atom. The quantitative estimate of drug-likeness (QED) is 0.0818. The van der Waals surface area contributed by atoms with Crippen molar-refractivity contribution < 1.29 is 85.7 Å². The van der Waals surface area contributed by atoms with Crippen LogP contribution in [0.4, 0.5) is 0 Å². The Bertz CT molecular complexity index is 662. The van der Waals surface area contributed by atoms with E-state index in [0.717, 1.165) is 0 Å². The van der Waals surface area contributed by atoms with Crippen LogP contribution in [0.2, 0.25) is 0 Å².